The van der Waals surface area contributed by atoms with Crippen LogP contribution in [-0.4, -0.2) is 21.8 Å². The molecule has 1 heterocycles. The van der Waals surface area contributed by atoms with E-state index in [0.717, 1.165) is 18.4 Å². The molecule has 3 aromatic rings. The summed E-state index contributed by atoms with van der Waals surface area (Å²) in [5.74, 6) is 0.169. The molecule has 1 aliphatic rings. The average molecular weight is 350 g/mol. The Morgan fingerprint density at radius 3 is 2.58 bits per heavy atom. The molecule has 1 fully saturated rings. The third-order valence-corrected chi connectivity index (χ3v) is 4.51. The van der Waals surface area contributed by atoms with Crippen molar-refractivity contribution in [2.45, 2.75) is 31.8 Å². The van der Waals surface area contributed by atoms with Gasteiger partial charge in [-0.05, 0) is 31.0 Å². The highest BCUT2D eigenvalue weighted by Crippen LogP contribution is 2.29. The molecule has 1 aliphatic carbocycles. The zero-order chi connectivity index (χ0) is 17.9. The number of carbonyl (C=O) groups is 1. The molecule has 1 saturated carbocycles. The van der Waals surface area contributed by atoms with E-state index in [4.69, 9.17) is 4.42 Å². The van der Waals surface area contributed by atoms with Crippen LogP contribution in [0.25, 0.3) is 11.5 Å². The number of rotatable bonds is 6. The van der Waals surface area contributed by atoms with Gasteiger partial charge in [-0.3, -0.25) is 4.79 Å². The summed E-state index contributed by atoms with van der Waals surface area (Å²) in [5.41, 5.74) is 2.00. The summed E-state index contributed by atoms with van der Waals surface area (Å²) in [6.45, 7) is 0.291. The van der Waals surface area contributed by atoms with Gasteiger partial charge in [0.05, 0.1) is 12.1 Å². The Morgan fingerprint density at radius 1 is 1.12 bits per heavy atom. The Bertz CT molecular complexity index is 903. The molecule has 2 aromatic carbocycles. The van der Waals surface area contributed by atoms with Gasteiger partial charge in [0.25, 0.3) is 0 Å². The molecule has 0 aliphatic heterocycles. The SMILES string of the molecule is O=C(Cc1coc(-c2ccccc2)n1)N(Cc1ccccc1F)C1CC1. The van der Waals surface area contributed by atoms with E-state index in [9.17, 15) is 9.18 Å². The van der Waals surface area contributed by atoms with Gasteiger partial charge in [-0.25, -0.2) is 9.37 Å². The number of amides is 1. The molecule has 26 heavy (non-hydrogen) atoms. The van der Waals surface area contributed by atoms with Gasteiger partial charge in [-0.2, -0.15) is 0 Å². The molecule has 0 unspecified atom stereocenters. The van der Waals surface area contributed by atoms with Crippen LogP contribution in [0.1, 0.15) is 24.1 Å². The van der Waals surface area contributed by atoms with Gasteiger partial charge in [0.15, 0.2) is 0 Å². The molecule has 0 spiro atoms. The Hall–Kier alpha value is -2.95. The van der Waals surface area contributed by atoms with Gasteiger partial charge in [-0.15, -0.1) is 0 Å². The lowest BCUT2D eigenvalue weighted by atomic mass is 10.2. The fourth-order valence-corrected chi connectivity index (χ4v) is 2.98. The molecule has 0 N–H and O–H groups in total. The first-order chi connectivity index (χ1) is 12.7. The van der Waals surface area contributed by atoms with E-state index in [1.165, 1.54) is 12.3 Å². The minimum atomic E-state index is -0.279. The fourth-order valence-electron chi connectivity index (χ4n) is 2.98. The first kappa shape index (κ1) is 16.5. The molecule has 132 valence electrons. The van der Waals surface area contributed by atoms with Crippen molar-refractivity contribution in [2.24, 2.45) is 0 Å². The maximum atomic E-state index is 13.9. The Balaban J connectivity index is 1.47. The first-order valence-corrected chi connectivity index (χ1v) is 8.73. The van der Waals surface area contributed by atoms with Gasteiger partial charge >= 0.3 is 0 Å². The second-order valence-corrected chi connectivity index (χ2v) is 6.53. The minimum Gasteiger partial charge on any atom is -0.444 e. The van der Waals surface area contributed by atoms with E-state index in [1.807, 2.05) is 30.3 Å². The molecule has 0 atom stereocenters. The van der Waals surface area contributed by atoms with E-state index in [1.54, 1.807) is 23.1 Å². The summed E-state index contributed by atoms with van der Waals surface area (Å²) in [6.07, 6.45) is 3.61. The fraction of sp³-hybridized carbons (Fsp3) is 0.238. The maximum Gasteiger partial charge on any atom is 0.229 e. The van der Waals surface area contributed by atoms with Gasteiger partial charge in [0, 0.05) is 23.7 Å². The predicted molar refractivity (Wildman–Crippen MR) is 95.6 cm³/mol. The molecule has 1 amide bonds. The average Bonchev–Trinajstić information content (AvgIpc) is 3.40. The van der Waals surface area contributed by atoms with Crippen LogP contribution in [0.4, 0.5) is 4.39 Å². The lowest BCUT2D eigenvalue weighted by molar-refractivity contribution is -0.131. The van der Waals surface area contributed by atoms with Gasteiger partial charge in [-0.1, -0.05) is 36.4 Å². The van der Waals surface area contributed by atoms with Crippen LogP contribution in [0.5, 0.6) is 0 Å². The van der Waals surface area contributed by atoms with Crippen molar-refractivity contribution in [3.05, 3.63) is 77.9 Å². The van der Waals surface area contributed by atoms with Crippen molar-refractivity contribution < 1.29 is 13.6 Å². The topological polar surface area (TPSA) is 46.3 Å². The number of nitrogens with zero attached hydrogens (tertiary/aromatic N) is 2. The van der Waals surface area contributed by atoms with E-state index in [0.29, 0.717) is 23.7 Å². The molecule has 0 saturated heterocycles. The quantitative estimate of drug-likeness (QED) is 0.669. The van der Waals surface area contributed by atoms with Crippen LogP contribution in [0.3, 0.4) is 0 Å². The van der Waals surface area contributed by atoms with Crippen molar-refractivity contribution in [3.63, 3.8) is 0 Å². The number of halogens is 1. The van der Waals surface area contributed by atoms with Crippen LogP contribution in [0.2, 0.25) is 0 Å². The van der Waals surface area contributed by atoms with E-state index in [2.05, 4.69) is 4.98 Å². The number of benzene rings is 2. The molecular formula is C21H19FN2O2. The third-order valence-electron chi connectivity index (χ3n) is 4.51. The second-order valence-electron chi connectivity index (χ2n) is 6.53. The van der Waals surface area contributed by atoms with Crippen LogP contribution in [-0.2, 0) is 17.8 Å². The molecular weight excluding hydrogens is 331 g/mol. The van der Waals surface area contributed by atoms with Crippen LogP contribution >= 0.6 is 0 Å². The molecule has 0 bridgehead atoms. The largest absolute Gasteiger partial charge is 0.444 e. The third kappa shape index (κ3) is 3.67. The minimum absolute atomic E-state index is 0.0522. The molecule has 1 aromatic heterocycles. The lowest BCUT2D eigenvalue weighted by Gasteiger charge is -2.22. The predicted octanol–water partition coefficient (Wildman–Crippen LogP) is 4.21. The highest BCUT2D eigenvalue weighted by molar-refractivity contribution is 5.79. The number of hydrogen-bond donors (Lipinski definition) is 0. The van der Waals surface area contributed by atoms with Crippen LogP contribution < -0.4 is 0 Å². The Kier molecular flexibility index (Phi) is 4.52. The normalized spacial score (nSPS) is 13.6. The van der Waals surface area contributed by atoms with E-state index in [-0.39, 0.29) is 24.2 Å². The number of aromatic nitrogens is 1. The van der Waals surface area contributed by atoms with Crippen molar-refractivity contribution in [1.82, 2.24) is 9.88 Å². The van der Waals surface area contributed by atoms with Crippen LogP contribution in [0, 0.1) is 5.82 Å². The first-order valence-electron chi connectivity index (χ1n) is 8.73. The standard InChI is InChI=1S/C21H19FN2O2/c22-19-9-5-4-8-16(19)13-24(18-10-11-18)20(25)12-17-14-26-21(23-17)15-6-2-1-3-7-15/h1-9,14,18H,10-13H2. The van der Waals surface area contributed by atoms with Crippen molar-refractivity contribution >= 4 is 5.91 Å². The zero-order valence-corrected chi connectivity index (χ0v) is 14.3. The summed E-state index contributed by atoms with van der Waals surface area (Å²) in [7, 11) is 0. The maximum absolute atomic E-state index is 13.9. The van der Waals surface area contributed by atoms with E-state index < -0.39 is 0 Å². The molecule has 0 radical (unpaired) electrons. The van der Waals surface area contributed by atoms with Gasteiger partial charge in [0.1, 0.15) is 12.1 Å². The smallest absolute Gasteiger partial charge is 0.229 e. The van der Waals surface area contributed by atoms with Crippen molar-refractivity contribution in [2.75, 3.05) is 0 Å². The Morgan fingerprint density at radius 2 is 1.85 bits per heavy atom. The highest BCUT2D eigenvalue weighted by Gasteiger charge is 2.33. The number of oxazole rings is 1. The van der Waals surface area contributed by atoms with Crippen LogP contribution in [0.15, 0.2) is 65.3 Å². The van der Waals surface area contributed by atoms with Gasteiger partial charge in [0.2, 0.25) is 11.8 Å². The Labute approximate surface area is 151 Å². The number of hydrogen-bond acceptors (Lipinski definition) is 3. The van der Waals surface area contributed by atoms with E-state index >= 15 is 0 Å². The lowest BCUT2D eigenvalue weighted by Crippen LogP contribution is -2.34. The molecule has 4 nitrogen and oxygen atoms in total. The summed E-state index contributed by atoms with van der Waals surface area (Å²) < 4.78 is 19.5. The number of carbonyl (C=O) groups excluding carboxylic acids is 1. The summed E-state index contributed by atoms with van der Waals surface area (Å²) in [5, 5.41) is 0. The monoisotopic (exact) mass is 350 g/mol. The van der Waals surface area contributed by atoms with Crippen molar-refractivity contribution in [3.8, 4) is 11.5 Å². The second kappa shape index (κ2) is 7.12. The molecule has 4 rings (SSSR count). The summed E-state index contributed by atoms with van der Waals surface area (Å²) in [6, 6.07) is 16.4. The highest BCUT2D eigenvalue weighted by atomic mass is 19.1. The summed E-state index contributed by atoms with van der Waals surface area (Å²) in [4.78, 5) is 19.0. The zero-order valence-electron chi connectivity index (χ0n) is 14.3. The van der Waals surface area contributed by atoms with Gasteiger partial charge < -0.3 is 9.32 Å². The van der Waals surface area contributed by atoms with Crippen molar-refractivity contribution in [1.29, 1.82) is 0 Å². The molecule has 5 heteroatoms. The summed E-state index contributed by atoms with van der Waals surface area (Å²) >= 11 is 0.